The molecule has 1 fully saturated rings. The summed E-state index contributed by atoms with van der Waals surface area (Å²) in [5.74, 6) is -3.15. The van der Waals surface area contributed by atoms with E-state index in [0.717, 1.165) is 0 Å². The van der Waals surface area contributed by atoms with Crippen molar-refractivity contribution in [3.05, 3.63) is 0 Å². The van der Waals surface area contributed by atoms with Gasteiger partial charge in [-0.2, -0.15) is 0 Å². The van der Waals surface area contributed by atoms with Gasteiger partial charge in [0.15, 0.2) is 0 Å². The number of aliphatic hydroxyl groups is 3. The van der Waals surface area contributed by atoms with Gasteiger partial charge in [-0.1, -0.05) is 0 Å². The lowest BCUT2D eigenvalue weighted by Gasteiger charge is -2.53. The summed E-state index contributed by atoms with van der Waals surface area (Å²) >= 11 is 0. The van der Waals surface area contributed by atoms with Crippen LogP contribution in [-0.2, 0) is 14.4 Å². The van der Waals surface area contributed by atoms with Crippen LogP contribution in [0, 0.1) is 0 Å². The topological polar surface area (TPSA) is 182 Å². The SMILES string of the molecule is CN(CCC(=O)O)[C@H]1[C@@H](O)[C@@H](N(C)CCC(=O)O)[C@@H](O)[C@@H](N(C)CCC(=O)O)[C@H]1O. The number of aliphatic carboxylic acids is 3. The number of hydrogen-bond donors (Lipinski definition) is 6. The average Bonchev–Trinajstić information content (AvgIpc) is 2.62. The van der Waals surface area contributed by atoms with Crippen molar-refractivity contribution in [1.82, 2.24) is 14.7 Å². The van der Waals surface area contributed by atoms with E-state index in [9.17, 15) is 29.7 Å². The van der Waals surface area contributed by atoms with Gasteiger partial charge in [0.05, 0.1) is 55.7 Å². The molecule has 0 atom stereocenters. The Hall–Kier alpha value is -1.83. The molecule has 174 valence electrons. The van der Waals surface area contributed by atoms with E-state index >= 15 is 0 Å². The fourth-order valence-electron chi connectivity index (χ4n) is 4.04. The van der Waals surface area contributed by atoms with Crippen molar-refractivity contribution in [2.75, 3.05) is 40.8 Å². The number of carboxylic acids is 3. The molecule has 0 aliphatic heterocycles. The van der Waals surface area contributed by atoms with Crippen LogP contribution in [0.15, 0.2) is 0 Å². The molecule has 0 aromatic heterocycles. The molecule has 0 aromatic rings. The fourth-order valence-corrected chi connectivity index (χ4v) is 4.04. The largest absolute Gasteiger partial charge is 0.481 e. The normalized spacial score (nSPS) is 29.5. The zero-order valence-corrected chi connectivity index (χ0v) is 17.5. The Labute approximate surface area is 174 Å². The van der Waals surface area contributed by atoms with E-state index in [4.69, 9.17) is 15.3 Å². The van der Waals surface area contributed by atoms with Crippen LogP contribution in [0.25, 0.3) is 0 Å². The van der Waals surface area contributed by atoms with Gasteiger partial charge in [-0.15, -0.1) is 0 Å². The quantitative estimate of drug-likeness (QED) is 0.188. The zero-order valence-electron chi connectivity index (χ0n) is 17.5. The van der Waals surface area contributed by atoms with Gasteiger partial charge in [-0.3, -0.25) is 29.1 Å². The third-order valence-electron chi connectivity index (χ3n) is 5.66. The molecule has 12 heteroatoms. The molecule has 1 aliphatic rings. The zero-order chi connectivity index (χ0) is 23.2. The molecular formula is C18H33N3O9. The molecule has 6 N–H and O–H groups in total. The second kappa shape index (κ2) is 11.5. The van der Waals surface area contributed by atoms with E-state index in [1.165, 1.54) is 14.7 Å². The number of carboxylic acid groups (broad SMARTS) is 3. The van der Waals surface area contributed by atoms with Crippen molar-refractivity contribution >= 4 is 17.9 Å². The maximum Gasteiger partial charge on any atom is 0.304 e. The van der Waals surface area contributed by atoms with Gasteiger partial charge in [0.2, 0.25) is 0 Å². The van der Waals surface area contributed by atoms with Gasteiger partial charge in [0, 0.05) is 19.6 Å². The van der Waals surface area contributed by atoms with Gasteiger partial charge < -0.3 is 30.6 Å². The van der Waals surface area contributed by atoms with Crippen LogP contribution in [0.4, 0.5) is 0 Å². The molecule has 1 saturated carbocycles. The van der Waals surface area contributed by atoms with Crippen molar-refractivity contribution < 1.29 is 45.0 Å². The Morgan fingerprint density at radius 1 is 0.567 bits per heavy atom. The van der Waals surface area contributed by atoms with Crippen LogP contribution in [0.2, 0.25) is 0 Å². The predicted molar refractivity (Wildman–Crippen MR) is 104 cm³/mol. The van der Waals surface area contributed by atoms with Gasteiger partial charge in [0.25, 0.3) is 0 Å². The van der Waals surface area contributed by atoms with Gasteiger partial charge in [-0.05, 0) is 21.1 Å². The van der Waals surface area contributed by atoms with Crippen molar-refractivity contribution in [2.24, 2.45) is 0 Å². The first kappa shape index (κ1) is 26.2. The van der Waals surface area contributed by atoms with Crippen molar-refractivity contribution in [3.63, 3.8) is 0 Å². The monoisotopic (exact) mass is 435 g/mol. The van der Waals surface area contributed by atoms with Crippen LogP contribution in [0.3, 0.4) is 0 Å². The van der Waals surface area contributed by atoms with Crippen LogP contribution in [0.5, 0.6) is 0 Å². The van der Waals surface area contributed by atoms with Crippen molar-refractivity contribution in [2.45, 2.75) is 55.7 Å². The van der Waals surface area contributed by atoms with Crippen LogP contribution < -0.4 is 0 Å². The number of hydrogen-bond acceptors (Lipinski definition) is 9. The Morgan fingerprint density at radius 3 is 0.933 bits per heavy atom. The van der Waals surface area contributed by atoms with Crippen LogP contribution >= 0.6 is 0 Å². The number of rotatable bonds is 12. The highest BCUT2D eigenvalue weighted by Gasteiger charge is 2.53. The summed E-state index contributed by atoms with van der Waals surface area (Å²) in [5.41, 5.74) is 0. The summed E-state index contributed by atoms with van der Waals surface area (Å²) in [4.78, 5) is 37.3. The number of carbonyl (C=O) groups is 3. The van der Waals surface area contributed by atoms with Gasteiger partial charge >= 0.3 is 17.9 Å². The Kier molecular flexibility index (Phi) is 10.1. The van der Waals surface area contributed by atoms with Crippen LogP contribution in [-0.4, -0.2) is 140 Å². The first-order valence-electron chi connectivity index (χ1n) is 9.68. The standard InChI is InChI=1S/C18H33N3O9/c1-19(7-4-10(22)23)13-16(28)14(20(2)8-5-11(24)25)18(30)15(17(13)29)21(3)9-6-12(26)27/h13-18,28-30H,4-9H2,1-3H3,(H,22,23)(H,24,25)(H,26,27)/t13-,14+,15-,16+,17-,18+. The molecule has 1 aliphatic carbocycles. The minimum Gasteiger partial charge on any atom is -0.481 e. The molecular weight excluding hydrogens is 402 g/mol. The van der Waals surface area contributed by atoms with E-state index in [-0.39, 0.29) is 38.9 Å². The van der Waals surface area contributed by atoms with Crippen LogP contribution in [0.1, 0.15) is 19.3 Å². The summed E-state index contributed by atoms with van der Waals surface area (Å²) in [6, 6.07) is -2.87. The first-order chi connectivity index (χ1) is 13.9. The summed E-state index contributed by atoms with van der Waals surface area (Å²) in [6.45, 7) is 0.0873. The van der Waals surface area contributed by atoms with Gasteiger partial charge in [0.1, 0.15) is 0 Å². The summed E-state index contributed by atoms with van der Waals surface area (Å²) in [5, 5.41) is 59.7. The Bertz CT molecular complexity index is 513. The Morgan fingerprint density at radius 2 is 0.767 bits per heavy atom. The minimum absolute atomic E-state index is 0.0291. The smallest absolute Gasteiger partial charge is 0.304 e. The van der Waals surface area contributed by atoms with Crippen molar-refractivity contribution in [3.8, 4) is 0 Å². The number of likely N-dealkylation sites (N-methyl/N-ethyl adjacent to an activating group) is 3. The second-order valence-corrected chi connectivity index (χ2v) is 7.82. The predicted octanol–water partition coefficient (Wildman–Crippen LogP) is -2.59. The average molecular weight is 435 g/mol. The van der Waals surface area contributed by atoms with E-state index in [1.807, 2.05) is 0 Å². The van der Waals surface area contributed by atoms with E-state index in [2.05, 4.69) is 0 Å². The van der Waals surface area contributed by atoms with E-state index in [1.54, 1.807) is 21.1 Å². The maximum atomic E-state index is 10.9. The Balaban J connectivity index is 3.18. The molecule has 0 heterocycles. The first-order valence-corrected chi connectivity index (χ1v) is 9.68. The molecule has 0 unspecified atom stereocenters. The highest BCUT2D eigenvalue weighted by atomic mass is 16.4. The molecule has 12 nitrogen and oxygen atoms in total. The molecule has 0 bridgehead atoms. The number of aliphatic hydroxyl groups excluding tert-OH is 3. The molecule has 0 radical (unpaired) electrons. The molecule has 0 saturated heterocycles. The number of nitrogens with zero attached hydrogens (tertiary/aromatic N) is 3. The lowest BCUT2D eigenvalue weighted by atomic mass is 9.77. The summed E-state index contributed by atoms with van der Waals surface area (Å²) in [7, 11) is 4.63. The van der Waals surface area contributed by atoms with Gasteiger partial charge in [-0.25, -0.2) is 0 Å². The lowest BCUT2D eigenvalue weighted by molar-refractivity contribution is -0.171. The molecule has 0 amide bonds. The van der Waals surface area contributed by atoms with E-state index in [0.29, 0.717) is 0 Å². The molecule has 0 spiro atoms. The summed E-state index contributed by atoms with van der Waals surface area (Å²) in [6.07, 6.45) is -4.61. The highest BCUT2D eigenvalue weighted by Crippen LogP contribution is 2.30. The fraction of sp³-hybridized carbons (Fsp3) is 0.833. The third-order valence-corrected chi connectivity index (χ3v) is 5.66. The molecule has 30 heavy (non-hydrogen) atoms. The minimum atomic E-state index is -1.31. The summed E-state index contributed by atoms with van der Waals surface area (Å²) < 4.78 is 0. The lowest BCUT2D eigenvalue weighted by Crippen LogP contribution is -2.73. The van der Waals surface area contributed by atoms with E-state index < -0.39 is 54.3 Å². The molecule has 1 rings (SSSR count). The van der Waals surface area contributed by atoms with Crippen molar-refractivity contribution in [1.29, 1.82) is 0 Å². The molecule has 0 aromatic carbocycles. The highest BCUT2D eigenvalue weighted by molar-refractivity contribution is 5.67. The maximum absolute atomic E-state index is 10.9. The second-order valence-electron chi connectivity index (χ2n) is 7.82. The third kappa shape index (κ3) is 6.86.